The zero-order chi connectivity index (χ0) is 17.7. The van der Waals surface area contributed by atoms with Gasteiger partial charge in [0, 0.05) is 31.7 Å². The molecule has 0 radical (unpaired) electrons. The van der Waals surface area contributed by atoms with Gasteiger partial charge in [0.2, 0.25) is 10.0 Å². The quantitative estimate of drug-likeness (QED) is 0.821. The zero-order valence-corrected chi connectivity index (χ0v) is 14.4. The summed E-state index contributed by atoms with van der Waals surface area (Å²) in [4.78, 5) is 24.6. The maximum Gasteiger partial charge on any atom is 0.409 e. The molecule has 8 nitrogen and oxygen atoms in total. The van der Waals surface area contributed by atoms with Crippen LogP contribution in [0.25, 0.3) is 0 Å². The lowest BCUT2D eigenvalue weighted by atomic mass is 10.1. The Bertz CT molecular complexity index is 694. The number of amides is 2. The van der Waals surface area contributed by atoms with Crippen LogP contribution in [0.1, 0.15) is 23.2 Å². The molecule has 0 saturated carbocycles. The lowest BCUT2D eigenvalue weighted by Gasteiger charge is -2.31. The van der Waals surface area contributed by atoms with E-state index in [1.165, 1.54) is 38.4 Å². The van der Waals surface area contributed by atoms with Gasteiger partial charge in [-0.25, -0.2) is 17.9 Å². The molecule has 1 aliphatic rings. The summed E-state index contributed by atoms with van der Waals surface area (Å²) in [6, 6.07) is 5.49. The van der Waals surface area contributed by atoms with E-state index in [4.69, 9.17) is 0 Å². The van der Waals surface area contributed by atoms with Crippen LogP contribution in [-0.4, -0.2) is 58.6 Å². The fraction of sp³-hybridized carbons (Fsp3) is 0.467. The Labute approximate surface area is 141 Å². The second-order valence-corrected chi connectivity index (χ2v) is 7.17. The van der Waals surface area contributed by atoms with Crippen molar-refractivity contribution in [2.24, 2.45) is 0 Å². The van der Waals surface area contributed by atoms with E-state index in [0.29, 0.717) is 31.5 Å². The highest BCUT2D eigenvalue weighted by atomic mass is 32.2. The number of hydrogen-bond acceptors (Lipinski definition) is 5. The van der Waals surface area contributed by atoms with Crippen molar-refractivity contribution in [3.05, 3.63) is 29.8 Å². The number of hydrogen-bond donors (Lipinski definition) is 2. The number of benzene rings is 1. The first kappa shape index (κ1) is 18.2. The maximum absolute atomic E-state index is 12.4. The number of piperidine rings is 1. The van der Waals surface area contributed by atoms with Crippen molar-refractivity contribution in [3.8, 4) is 0 Å². The summed E-state index contributed by atoms with van der Waals surface area (Å²) in [6.45, 7) is 0.880. The minimum Gasteiger partial charge on any atom is -0.453 e. The highest BCUT2D eigenvalue weighted by Gasteiger charge is 2.27. The summed E-state index contributed by atoms with van der Waals surface area (Å²) >= 11 is 0. The minimum absolute atomic E-state index is 0.102. The number of methoxy groups -OCH3 is 1. The van der Waals surface area contributed by atoms with Crippen LogP contribution in [0.3, 0.4) is 0 Å². The number of likely N-dealkylation sites (tertiary alicyclic amines) is 1. The molecule has 0 atom stereocenters. The molecule has 1 saturated heterocycles. The third kappa shape index (κ3) is 4.24. The van der Waals surface area contributed by atoms with Gasteiger partial charge >= 0.3 is 6.09 Å². The van der Waals surface area contributed by atoms with E-state index in [0.717, 1.165) is 0 Å². The first-order valence-corrected chi connectivity index (χ1v) is 9.03. The van der Waals surface area contributed by atoms with Crippen molar-refractivity contribution in [1.82, 2.24) is 14.9 Å². The van der Waals surface area contributed by atoms with E-state index >= 15 is 0 Å². The molecule has 2 N–H and O–H groups in total. The molecule has 0 spiro atoms. The van der Waals surface area contributed by atoms with Crippen molar-refractivity contribution in [2.45, 2.75) is 23.8 Å². The second kappa shape index (κ2) is 7.63. The number of sulfonamides is 1. The SMILES string of the molecule is CNC(=O)c1ccc(S(=O)(=O)NC2CCN(C(=O)OC)CC2)cc1. The highest BCUT2D eigenvalue weighted by molar-refractivity contribution is 7.89. The predicted octanol–water partition coefficient (Wildman–Crippen LogP) is 0.555. The van der Waals surface area contributed by atoms with Crippen molar-refractivity contribution < 1.29 is 22.7 Å². The van der Waals surface area contributed by atoms with Gasteiger partial charge in [0.15, 0.2) is 0 Å². The lowest BCUT2D eigenvalue weighted by Crippen LogP contribution is -2.46. The molecule has 1 aromatic carbocycles. The van der Waals surface area contributed by atoms with Gasteiger partial charge in [-0.3, -0.25) is 4.79 Å². The first-order chi connectivity index (χ1) is 11.4. The summed E-state index contributed by atoms with van der Waals surface area (Å²) in [7, 11) is -0.841. The van der Waals surface area contributed by atoms with Gasteiger partial charge < -0.3 is 15.0 Å². The molecule has 132 valence electrons. The van der Waals surface area contributed by atoms with Crippen molar-refractivity contribution in [3.63, 3.8) is 0 Å². The van der Waals surface area contributed by atoms with Gasteiger partial charge in [0.1, 0.15) is 0 Å². The molecule has 9 heteroatoms. The number of carbonyl (C=O) groups is 2. The molecule has 1 heterocycles. The molecule has 0 unspecified atom stereocenters. The van der Waals surface area contributed by atoms with Crippen LogP contribution in [-0.2, 0) is 14.8 Å². The van der Waals surface area contributed by atoms with E-state index in [2.05, 4.69) is 14.8 Å². The Balaban J connectivity index is 1.99. The average molecular weight is 355 g/mol. The molecule has 24 heavy (non-hydrogen) atoms. The molecular weight excluding hydrogens is 334 g/mol. The van der Waals surface area contributed by atoms with Crippen LogP contribution in [0.15, 0.2) is 29.2 Å². The van der Waals surface area contributed by atoms with Gasteiger partial charge in [-0.1, -0.05) is 0 Å². The molecule has 0 aliphatic carbocycles. The van der Waals surface area contributed by atoms with Crippen molar-refractivity contribution >= 4 is 22.0 Å². The summed E-state index contributed by atoms with van der Waals surface area (Å²) in [6.07, 6.45) is 0.635. The van der Waals surface area contributed by atoms with Crippen LogP contribution in [0.5, 0.6) is 0 Å². The average Bonchev–Trinajstić information content (AvgIpc) is 2.60. The van der Waals surface area contributed by atoms with Crippen molar-refractivity contribution in [1.29, 1.82) is 0 Å². The second-order valence-electron chi connectivity index (χ2n) is 5.46. The Morgan fingerprint density at radius 2 is 1.75 bits per heavy atom. The van der Waals surface area contributed by atoms with Crippen molar-refractivity contribution in [2.75, 3.05) is 27.2 Å². The Morgan fingerprint density at radius 3 is 2.25 bits per heavy atom. The Hall–Kier alpha value is -2.13. The minimum atomic E-state index is -3.67. The summed E-state index contributed by atoms with van der Waals surface area (Å²) in [5.41, 5.74) is 0.392. The number of nitrogens with zero attached hydrogens (tertiary/aromatic N) is 1. The van der Waals surface area contributed by atoms with Gasteiger partial charge in [0.25, 0.3) is 5.91 Å². The highest BCUT2D eigenvalue weighted by Crippen LogP contribution is 2.16. The summed E-state index contributed by atoms with van der Waals surface area (Å²) < 4.78 is 32.1. The largest absolute Gasteiger partial charge is 0.453 e. The topological polar surface area (TPSA) is 105 Å². The van der Waals surface area contributed by atoms with Gasteiger partial charge in [-0.15, -0.1) is 0 Å². The smallest absolute Gasteiger partial charge is 0.409 e. The van der Waals surface area contributed by atoms with Crippen LogP contribution in [0.2, 0.25) is 0 Å². The third-order valence-corrected chi connectivity index (χ3v) is 5.44. The van der Waals surface area contributed by atoms with Crippen LogP contribution >= 0.6 is 0 Å². The van der Waals surface area contributed by atoms with Crippen LogP contribution in [0, 0.1) is 0 Å². The fourth-order valence-electron chi connectivity index (χ4n) is 2.53. The maximum atomic E-state index is 12.4. The standard InChI is InChI=1S/C15H21N3O5S/c1-16-14(19)11-3-5-13(6-4-11)24(21,22)17-12-7-9-18(10-8-12)15(20)23-2/h3-6,12,17H,7-10H2,1-2H3,(H,16,19). The van der Waals surface area contributed by atoms with Crippen LogP contribution in [0.4, 0.5) is 4.79 Å². The van der Waals surface area contributed by atoms with Crippen LogP contribution < -0.4 is 10.0 Å². The molecule has 1 aliphatic heterocycles. The normalized spacial score (nSPS) is 15.8. The predicted molar refractivity (Wildman–Crippen MR) is 87.2 cm³/mol. The lowest BCUT2D eigenvalue weighted by molar-refractivity contribution is 0.0962. The molecule has 2 amide bonds. The third-order valence-electron chi connectivity index (χ3n) is 3.90. The molecule has 0 bridgehead atoms. The van der Waals surface area contributed by atoms with E-state index in [-0.39, 0.29) is 16.8 Å². The van der Waals surface area contributed by atoms with Gasteiger partial charge in [0.05, 0.1) is 12.0 Å². The van der Waals surface area contributed by atoms with Gasteiger partial charge in [-0.05, 0) is 37.1 Å². The van der Waals surface area contributed by atoms with Gasteiger partial charge in [-0.2, -0.15) is 0 Å². The molecule has 1 fully saturated rings. The summed E-state index contributed by atoms with van der Waals surface area (Å²) in [5.74, 6) is -0.276. The molecule has 1 aromatic rings. The first-order valence-electron chi connectivity index (χ1n) is 7.54. The summed E-state index contributed by atoms with van der Waals surface area (Å²) in [5, 5.41) is 2.48. The monoisotopic (exact) mass is 355 g/mol. The van der Waals surface area contributed by atoms with E-state index < -0.39 is 16.1 Å². The fourth-order valence-corrected chi connectivity index (χ4v) is 3.83. The number of ether oxygens (including phenoxy) is 1. The molecular formula is C15H21N3O5S. The number of carbonyl (C=O) groups excluding carboxylic acids is 2. The molecule has 2 rings (SSSR count). The van der Waals surface area contributed by atoms with E-state index in [1.54, 1.807) is 4.90 Å². The number of nitrogens with one attached hydrogen (secondary N) is 2. The van der Waals surface area contributed by atoms with E-state index in [1.807, 2.05) is 0 Å². The number of rotatable bonds is 4. The Morgan fingerprint density at radius 1 is 1.17 bits per heavy atom. The van der Waals surface area contributed by atoms with E-state index in [9.17, 15) is 18.0 Å². The molecule has 0 aromatic heterocycles. The zero-order valence-electron chi connectivity index (χ0n) is 13.6. The Kier molecular flexibility index (Phi) is 5.79.